The molecule has 1 aliphatic rings. The van der Waals surface area contributed by atoms with Gasteiger partial charge in [0.15, 0.2) is 0 Å². The molecule has 0 bridgehead atoms. The average molecular weight is 360 g/mol. The number of amidine groups is 1. The van der Waals surface area contributed by atoms with Gasteiger partial charge in [-0.2, -0.15) is 0 Å². The highest BCUT2D eigenvalue weighted by Crippen LogP contribution is 2.27. The molecule has 0 amide bonds. The van der Waals surface area contributed by atoms with Gasteiger partial charge in [0, 0.05) is 35.8 Å². The Morgan fingerprint density at radius 1 is 1.24 bits per heavy atom. The van der Waals surface area contributed by atoms with Crippen LogP contribution >= 0.6 is 11.9 Å². The molecule has 0 radical (unpaired) electrons. The van der Waals surface area contributed by atoms with Crippen LogP contribution in [0.15, 0.2) is 57.8 Å². The number of hydrogen-bond acceptors (Lipinski definition) is 6. The van der Waals surface area contributed by atoms with Crippen molar-refractivity contribution in [2.24, 2.45) is 4.99 Å². The van der Waals surface area contributed by atoms with Gasteiger partial charge in [-0.15, -0.1) is 0 Å². The van der Waals surface area contributed by atoms with Gasteiger partial charge in [0.2, 0.25) is 0 Å². The summed E-state index contributed by atoms with van der Waals surface area (Å²) in [5, 5.41) is 10.0. The van der Waals surface area contributed by atoms with E-state index in [1.807, 2.05) is 6.92 Å². The van der Waals surface area contributed by atoms with Crippen molar-refractivity contribution < 1.29 is 0 Å². The molecule has 0 aromatic heterocycles. The smallest absolute Gasteiger partial charge is 0.131 e. The van der Waals surface area contributed by atoms with Crippen LogP contribution in [0.3, 0.4) is 0 Å². The topological polar surface area (TPSA) is 60.5 Å². The van der Waals surface area contributed by atoms with Crippen molar-refractivity contribution in [3.8, 4) is 0 Å². The van der Waals surface area contributed by atoms with Crippen LogP contribution in [0.1, 0.15) is 33.6 Å². The summed E-state index contributed by atoms with van der Waals surface area (Å²) < 4.78 is 3.39. The molecule has 6 heteroatoms. The molecule has 0 spiro atoms. The maximum Gasteiger partial charge on any atom is 0.131 e. The Hall–Kier alpha value is -1.92. The fraction of sp³-hybridized carbons (Fsp3) is 0.421. The molecule has 1 aromatic carbocycles. The lowest BCUT2D eigenvalue weighted by Crippen LogP contribution is -2.31. The van der Waals surface area contributed by atoms with E-state index in [4.69, 9.17) is 0 Å². The predicted molar refractivity (Wildman–Crippen MR) is 110 cm³/mol. The Morgan fingerprint density at radius 3 is 2.80 bits per heavy atom. The van der Waals surface area contributed by atoms with Gasteiger partial charge in [-0.1, -0.05) is 25.6 Å². The number of benzene rings is 1. The standard InChI is InChI=1S/C19H29N5S/c1-5-12-22-25-18-10-8-7-9-17(18)23-14(3)16-11-13-21-19(16)24-15(4)20-6-2/h7-10,20,22-23H,4-6,11-13H2,1-3H3,(H,21,24)/b16-14+. The van der Waals surface area contributed by atoms with E-state index in [1.165, 1.54) is 10.5 Å². The number of aliphatic imine (C=N–C) groups is 1. The third-order valence-corrected chi connectivity index (χ3v) is 4.70. The molecular formula is C19H29N5S. The van der Waals surface area contributed by atoms with Gasteiger partial charge in [0.1, 0.15) is 5.84 Å². The molecule has 1 heterocycles. The third-order valence-electron chi connectivity index (χ3n) is 3.77. The molecule has 0 saturated heterocycles. The zero-order valence-electron chi connectivity index (χ0n) is 15.4. The molecule has 1 aromatic rings. The Labute approximate surface area is 155 Å². The molecule has 25 heavy (non-hydrogen) atoms. The van der Waals surface area contributed by atoms with Gasteiger partial charge >= 0.3 is 0 Å². The molecule has 0 fully saturated rings. The minimum atomic E-state index is 0.785. The lowest BCUT2D eigenvalue weighted by molar-refractivity contribution is 0.807. The first kappa shape index (κ1) is 19.4. The number of hydrogen-bond donors (Lipinski definition) is 4. The van der Waals surface area contributed by atoms with Crippen molar-refractivity contribution in [2.45, 2.75) is 38.5 Å². The Balaban J connectivity index is 2.10. The van der Waals surface area contributed by atoms with Crippen molar-refractivity contribution in [3.05, 3.63) is 47.9 Å². The van der Waals surface area contributed by atoms with Crippen LogP contribution in [-0.2, 0) is 0 Å². The van der Waals surface area contributed by atoms with E-state index < -0.39 is 0 Å². The number of anilines is 1. The fourth-order valence-corrected chi connectivity index (χ4v) is 3.38. The highest BCUT2D eigenvalue weighted by atomic mass is 32.2. The lowest BCUT2D eigenvalue weighted by atomic mass is 10.1. The van der Waals surface area contributed by atoms with Crippen LogP contribution < -0.4 is 20.7 Å². The molecule has 0 unspecified atom stereocenters. The summed E-state index contributed by atoms with van der Waals surface area (Å²) in [6.45, 7) is 12.9. The fourth-order valence-electron chi connectivity index (χ4n) is 2.54. The van der Waals surface area contributed by atoms with E-state index in [0.717, 1.165) is 55.5 Å². The van der Waals surface area contributed by atoms with E-state index in [1.54, 1.807) is 11.9 Å². The van der Waals surface area contributed by atoms with Crippen LogP contribution in [0.2, 0.25) is 0 Å². The normalized spacial score (nSPS) is 15.6. The second-order valence-corrected chi connectivity index (χ2v) is 6.77. The van der Waals surface area contributed by atoms with Crippen LogP contribution in [-0.4, -0.2) is 25.5 Å². The molecule has 0 saturated carbocycles. The Bertz CT molecular complexity index is 651. The first-order valence-electron chi connectivity index (χ1n) is 8.85. The van der Waals surface area contributed by atoms with Gasteiger partial charge < -0.3 is 16.0 Å². The second kappa shape index (κ2) is 10.2. The number of para-hydroxylation sites is 1. The van der Waals surface area contributed by atoms with Crippen molar-refractivity contribution in [2.75, 3.05) is 25.0 Å². The van der Waals surface area contributed by atoms with Crippen LogP contribution in [0.4, 0.5) is 5.69 Å². The summed E-state index contributed by atoms with van der Waals surface area (Å²) >= 11 is 1.67. The zero-order valence-corrected chi connectivity index (χ0v) is 16.2. The summed E-state index contributed by atoms with van der Waals surface area (Å²) in [7, 11) is 0. The summed E-state index contributed by atoms with van der Waals surface area (Å²) in [5.74, 6) is 1.69. The lowest BCUT2D eigenvalue weighted by Gasteiger charge is -2.16. The van der Waals surface area contributed by atoms with E-state index in [9.17, 15) is 0 Å². The van der Waals surface area contributed by atoms with Crippen molar-refractivity contribution in [1.82, 2.24) is 15.4 Å². The predicted octanol–water partition coefficient (Wildman–Crippen LogP) is 3.85. The molecule has 0 aliphatic carbocycles. The van der Waals surface area contributed by atoms with Crippen LogP contribution in [0.25, 0.3) is 0 Å². The summed E-state index contributed by atoms with van der Waals surface area (Å²) in [4.78, 5) is 5.77. The van der Waals surface area contributed by atoms with E-state index in [-0.39, 0.29) is 0 Å². The van der Waals surface area contributed by atoms with E-state index in [0.29, 0.717) is 0 Å². The van der Waals surface area contributed by atoms with Gasteiger partial charge in [-0.05, 0) is 50.8 Å². The molecule has 2 rings (SSSR count). The van der Waals surface area contributed by atoms with E-state index >= 15 is 0 Å². The zero-order chi connectivity index (χ0) is 18.1. The van der Waals surface area contributed by atoms with Crippen LogP contribution in [0.5, 0.6) is 0 Å². The SMILES string of the molecule is C=C(NCC)NC1=NCC/C1=C(/C)Nc1ccccc1SNCCC. The molecule has 5 nitrogen and oxygen atoms in total. The van der Waals surface area contributed by atoms with Crippen LogP contribution in [0, 0.1) is 0 Å². The van der Waals surface area contributed by atoms with Gasteiger partial charge in [0.05, 0.1) is 11.5 Å². The molecule has 1 aliphatic heterocycles. The van der Waals surface area contributed by atoms with Gasteiger partial charge in [0.25, 0.3) is 0 Å². The minimum absolute atomic E-state index is 0.785. The first-order valence-corrected chi connectivity index (χ1v) is 9.67. The number of allylic oxidation sites excluding steroid dienone is 1. The highest BCUT2D eigenvalue weighted by Gasteiger charge is 2.17. The number of rotatable bonds is 9. The highest BCUT2D eigenvalue weighted by molar-refractivity contribution is 7.97. The largest absolute Gasteiger partial charge is 0.372 e. The van der Waals surface area contributed by atoms with Crippen molar-refractivity contribution >= 4 is 23.5 Å². The number of nitrogens with zero attached hydrogens (tertiary/aromatic N) is 1. The second-order valence-electron chi connectivity index (χ2n) is 5.84. The number of nitrogens with one attached hydrogen (secondary N) is 4. The average Bonchev–Trinajstić information content (AvgIpc) is 3.05. The maximum atomic E-state index is 4.57. The van der Waals surface area contributed by atoms with Crippen molar-refractivity contribution in [3.63, 3.8) is 0 Å². The third kappa shape index (κ3) is 5.83. The minimum Gasteiger partial charge on any atom is -0.372 e. The Kier molecular flexibility index (Phi) is 7.88. The Morgan fingerprint density at radius 2 is 2.04 bits per heavy atom. The summed E-state index contributed by atoms with van der Waals surface area (Å²) in [5.41, 5.74) is 3.44. The summed E-state index contributed by atoms with van der Waals surface area (Å²) in [6, 6.07) is 8.35. The van der Waals surface area contributed by atoms with Gasteiger partial charge in [-0.25, -0.2) is 0 Å². The molecule has 136 valence electrons. The quantitative estimate of drug-likeness (QED) is 0.398. The molecule has 0 atom stereocenters. The van der Waals surface area contributed by atoms with Crippen molar-refractivity contribution in [1.29, 1.82) is 0 Å². The monoisotopic (exact) mass is 359 g/mol. The summed E-state index contributed by atoms with van der Waals surface area (Å²) in [6.07, 6.45) is 2.05. The molecule has 4 N–H and O–H groups in total. The van der Waals surface area contributed by atoms with E-state index in [2.05, 4.69) is 70.4 Å². The van der Waals surface area contributed by atoms with Gasteiger partial charge in [-0.3, -0.25) is 9.71 Å². The maximum absolute atomic E-state index is 4.57. The first-order chi connectivity index (χ1) is 12.2. The molecular weight excluding hydrogens is 330 g/mol.